The van der Waals surface area contributed by atoms with E-state index >= 15 is 0 Å². The van der Waals surface area contributed by atoms with Crippen molar-refractivity contribution in [3.05, 3.63) is 10.0 Å². The van der Waals surface area contributed by atoms with Crippen molar-refractivity contribution >= 4 is 40.9 Å². The first kappa shape index (κ1) is 21.0. The molecule has 1 aromatic rings. The number of benzene rings is 1. The zero-order valence-corrected chi connectivity index (χ0v) is 16.0. The Kier molecular flexibility index (Phi) is 7.92. The summed E-state index contributed by atoms with van der Waals surface area (Å²) in [4.78, 5) is 13.0. The van der Waals surface area contributed by atoms with E-state index in [4.69, 9.17) is 48.6 Å². The number of carbonyl (C=O) groups excluding carboxylic acids is 1. The summed E-state index contributed by atoms with van der Waals surface area (Å²) in [5.41, 5.74) is 5.52. The highest BCUT2D eigenvalue weighted by atomic mass is 35.5. The zero-order valence-electron chi connectivity index (χ0n) is 14.5. The van der Waals surface area contributed by atoms with E-state index in [-0.39, 0.29) is 46.2 Å². The minimum Gasteiger partial charge on any atom is -0.488 e. The number of hydrogen-bond acceptors (Lipinski definition) is 5. The number of rotatable bonds is 7. The van der Waals surface area contributed by atoms with Gasteiger partial charge in [0.1, 0.15) is 10.0 Å². The lowest BCUT2D eigenvalue weighted by molar-refractivity contribution is 0.250. The first-order chi connectivity index (χ1) is 11.8. The van der Waals surface area contributed by atoms with Crippen molar-refractivity contribution in [2.45, 2.75) is 20.8 Å². The molecule has 0 atom stereocenters. The maximum Gasteiger partial charge on any atom is 0.328 e. The van der Waals surface area contributed by atoms with Gasteiger partial charge in [0.2, 0.25) is 11.7 Å². The standard InChI is InChI=1S/C15H22Cl2N4O4/c1-5-23-11-8(16)10(21(14(18)19)15(22)20-4)9(17)12(24-6-2)13(11)25-7-3/h5-7H2,1-4H3,(H3,18,19)(H,20,22). The molecule has 0 radical (unpaired) electrons. The van der Waals surface area contributed by atoms with Crippen molar-refractivity contribution in [3.63, 3.8) is 0 Å². The first-order valence-electron chi connectivity index (χ1n) is 7.64. The molecule has 140 valence electrons. The van der Waals surface area contributed by atoms with Gasteiger partial charge in [-0.3, -0.25) is 5.41 Å². The summed E-state index contributed by atoms with van der Waals surface area (Å²) in [6, 6.07) is -0.689. The zero-order chi connectivity index (χ0) is 19.1. The van der Waals surface area contributed by atoms with E-state index in [0.717, 1.165) is 4.90 Å². The molecule has 2 amide bonds. The molecule has 0 aromatic heterocycles. The fraction of sp³-hybridized carbons (Fsp3) is 0.467. The van der Waals surface area contributed by atoms with Crippen molar-refractivity contribution in [1.29, 1.82) is 5.41 Å². The number of ether oxygens (including phenoxy) is 3. The van der Waals surface area contributed by atoms with Crippen molar-refractivity contribution in [2.24, 2.45) is 5.73 Å². The average molecular weight is 393 g/mol. The van der Waals surface area contributed by atoms with Gasteiger partial charge in [0.05, 0.1) is 25.5 Å². The van der Waals surface area contributed by atoms with Crippen LogP contribution in [0.2, 0.25) is 10.0 Å². The number of nitrogens with zero attached hydrogens (tertiary/aromatic N) is 1. The van der Waals surface area contributed by atoms with Crippen LogP contribution in [0, 0.1) is 5.41 Å². The molecule has 0 bridgehead atoms. The van der Waals surface area contributed by atoms with E-state index in [1.165, 1.54) is 7.05 Å². The van der Waals surface area contributed by atoms with Gasteiger partial charge in [0.25, 0.3) is 0 Å². The monoisotopic (exact) mass is 392 g/mol. The van der Waals surface area contributed by atoms with E-state index in [1.807, 2.05) is 0 Å². The summed E-state index contributed by atoms with van der Waals surface area (Å²) in [7, 11) is 1.39. The van der Waals surface area contributed by atoms with Crippen molar-refractivity contribution in [2.75, 3.05) is 31.8 Å². The lowest BCUT2D eigenvalue weighted by Crippen LogP contribution is -2.46. The summed E-state index contributed by atoms with van der Waals surface area (Å²) in [5.74, 6) is -0.0318. The number of urea groups is 1. The maximum atomic E-state index is 12.2. The van der Waals surface area contributed by atoms with Crippen molar-refractivity contribution < 1.29 is 19.0 Å². The van der Waals surface area contributed by atoms with Crippen LogP contribution in [-0.2, 0) is 0 Å². The molecule has 25 heavy (non-hydrogen) atoms. The first-order valence-corrected chi connectivity index (χ1v) is 8.40. The van der Waals surface area contributed by atoms with Crippen LogP contribution >= 0.6 is 23.2 Å². The number of halogens is 2. The molecular formula is C15H22Cl2N4O4. The summed E-state index contributed by atoms with van der Waals surface area (Å²) < 4.78 is 16.8. The van der Waals surface area contributed by atoms with E-state index in [1.54, 1.807) is 20.8 Å². The molecular weight excluding hydrogens is 371 g/mol. The van der Waals surface area contributed by atoms with E-state index < -0.39 is 12.0 Å². The summed E-state index contributed by atoms with van der Waals surface area (Å²) >= 11 is 12.9. The smallest absolute Gasteiger partial charge is 0.328 e. The van der Waals surface area contributed by atoms with Gasteiger partial charge in [-0.15, -0.1) is 0 Å². The van der Waals surface area contributed by atoms with Crippen LogP contribution in [-0.4, -0.2) is 38.9 Å². The molecule has 4 N–H and O–H groups in total. The number of guanidine groups is 1. The second kappa shape index (κ2) is 9.43. The predicted octanol–water partition coefficient (Wildman–Crippen LogP) is 3.23. The average Bonchev–Trinajstić information content (AvgIpc) is 2.57. The van der Waals surface area contributed by atoms with Gasteiger partial charge >= 0.3 is 6.03 Å². The molecule has 0 aliphatic rings. The number of nitrogens with one attached hydrogen (secondary N) is 2. The lowest BCUT2D eigenvalue weighted by atomic mass is 10.2. The molecule has 1 rings (SSSR count). The van der Waals surface area contributed by atoms with E-state index in [9.17, 15) is 4.79 Å². The Balaban J connectivity index is 3.83. The second-order valence-corrected chi connectivity index (χ2v) is 5.29. The fourth-order valence-electron chi connectivity index (χ4n) is 2.08. The summed E-state index contributed by atoms with van der Waals surface area (Å²) in [5, 5.41) is 10.1. The Morgan fingerprint density at radius 3 is 1.76 bits per heavy atom. The van der Waals surface area contributed by atoms with Crippen LogP contribution in [0.1, 0.15) is 20.8 Å². The van der Waals surface area contributed by atoms with Crippen LogP contribution < -0.4 is 30.2 Å². The van der Waals surface area contributed by atoms with Gasteiger partial charge in [-0.05, 0) is 20.8 Å². The third kappa shape index (κ3) is 4.32. The Labute approximate surface area is 156 Å². The molecule has 0 saturated heterocycles. The quantitative estimate of drug-likeness (QED) is 0.487. The van der Waals surface area contributed by atoms with Gasteiger partial charge < -0.3 is 25.3 Å². The lowest BCUT2D eigenvalue weighted by Gasteiger charge is -2.26. The van der Waals surface area contributed by atoms with Crippen LogP contribution in [0.25, 0.3) is 0 Å². The minimum absolute atomic E-state index is 0.0162. The molecule has 0 aliphatic carbocycles. The van der Waals surface area contributed by atoms with Crippen LogP contribution in [0.4, 0.5) is 10.5 Å². The Morgan fingerprint density at radius 2 is 1.44 bits per heavy atom. The summed E-state index contributed by atoms with van der Waals surface area (Å²) in [6.07, 6.45) is 0. The van der Waals surface area contributed by atoms with Gasteiger partial charge in [0, 0.05) is 7.05 Å². The third-order valence-corrected chi connectivity index (χ3v) is 3.68. The van der Waals surface area contributed by atoms with Crippen molar-refractivity contribution in [1.82, 2.24) is 5.32 Å². The normalized spacial score (nSPS) is 10.2. The number of hydrogen-bond donors (Lipinski definition) is 3. The number of anilines is 1. The largest absolute Gasteiger partial charge is 0.488 e. The van der Waals surface area contributed by atoms with Crippen LogP contribution in [0.5, 0.6) is 17.2 Å². The van der Waals surface area contributed by atoms with Gasteiger partial charge in [-0.25, -0.2) is 9.69 Å². The maximum absolute atomic E-state index is 12.2. The highest BCUT2D eigenvalue weighted by Crippen LogP contribution is 2.54. The molecule has 8 nitrogen and oxygen atoms in total. The molecule has 0 unspecified atom stereocenters. The van der Waals surface area contributed by atoms with Crippen LogP contribution in [0.15, 0.2) is 0 Å². The van der Waals surface area contributed by atoms with E-state index in [0.29, 0.717) is 6.61 Å². The van der Waals surface area contributed by atoms with Gasteiger partial charge in [-0.1, -0.05) is 23.2 Å². The Hall–Kier alpha value is -2.06. The molecule has 0 saturated carbocycles. The number of amides is 2. The fourth-order valence-corrected chi connectivity index (χ4v) is 2.76. The highest BCUT2D eigenvalue weighted by molar-refractivity contribution is 6.43. The molecule has 1 aromatic carbocycles. The predicted molar refractivity (Wildman–Crippen MR) is 98.8 cm³/mol. The number of nitrogens with two attached hydrogens (primary N) is 1. The molecule has 10 heteroatoms. The number of carbonyl (C=O) groups is 1. The van der Waals surface area contributed by atoms with Crippen LogP contribution in [0.3, 0.4) is 0 Å². The molecule has 0 heterocycles. The van der Waals surface area contributed by atoms with Crippen molar-refractivity contribution in [3.8, 4) is 17.2 Å². The van der Waals surface area contributed by atoms with E-state index in [2.05, 4.69) is 5.32 Å². The molecule has 0 fully saturated rings. The Morgan fingerprint density at radius 1 is 1.04 bits per heavy atom. The molecule has 0 spiro atoms. The second-order valence-electron chi connectivity index (χ2n) is 4.54. The topological polar surface area (TPSA) is 110 Å². The minimum atomic E-state index is -0.689. The SMILES string of the molecule is CCOc1c(Cl)c(N(C(=N)N)C(=O)NC)c(Cl)c(OCC)c1OCC. The molecule has 0 aliphatic heterocycles. The van der Waals surface area contributed by atoms with Gasteiger partial charge in [0.15, 0.2) is 11.5 Å². The highest BCUT2D eigenvalue weighted by Gasteiger charge is 2.32. The third-order valence-electron chi connectivity index (χ3n) is 2.97. The Bertz CT molecular complexity index is 622. The summed E-state index contributed by atoms with van der Waals surface area (Å²) in [6.45, 7) is 6.20. The van der Waals surface area contributed by atoms with Gasteiger partial charge in [-0.2, -0.15) is 0 Å².